The monoisotopic (exact) mass is 369 g/mol. The van der Waals surface area contributed by atoms with Gasteiger partial charge in [0.1, 0.15) is 5.82 Å². The lowest BCUT2D eigenvalue weighted by atomic mass is 9.98. The molecule has 1 aliphatic carbocycles. The first kappa shape index (κ1) is 17.8. The second kappa shape index (κ2) is 7.59. The van der Waals surface area contributed by atoms with Gasteiger partial charge in [-0.2, -0.15) is 0 Å². The molecule has 27 heavy (non-hydrogen) atoms. The molecule has 1 amide bonds. The lowest BCUT2D eigenvalue weighted by molar-refractivity contribution is -0.117. The van der Waals surface area contributed by atoms with E-state index in [-0.39, 0.29) is 23.7 Å². The Morgan fingerprint density at radius 3 is 2.63 bits per heavy atom. The van der Waals surface area contributed by atoms with E-state index < -0.39 is 0 Å². The Kier molecular flexibility index (Phi) is 5.01. The summed E-state index contributed by atoms with van der Waals surface area (Å²) in [5, 5.41) is 0. The Bertz CT molecular complexity index is 832. The molecule has 0 N–H and O–H groups in total. The second-order valence-corrected chi connectivity index (χ2v) is 7.32. The van der Waals surface area contributed by atoms with E-state index in [0.29, 0.717) is 18.7 Å². The predicted molar refractivity (Wildman–Crippen MR) is 102 cm³/mol. The first-order valence-electron chi connectivity index (χ1n) is 9.54. The maximum Gasteiger partial charge on any atom is 0.227 e. The fourth-order valence-electron chi connectivity index (χ4n) is 4.05. The van der Waals surface area contributed by atoms with Crippen LogP contribution >= 0.6 is 0 Å². The van der Waals surface area contributed by atoms with Crippen LogP contribution in [0.2, 0.25) is 0 Å². The number of amides is 1. The van der Waals surface area contributed by atoms with E-state index in [0.717, 1.165) is 29.9 Å². The van der Waals surface area contributed by atoms with Gasteiger partial charge in [0.2, 0.25) is 5.91 Å². The third-order valence-electron chi connectivity index (χ3n) is 5.50. The van der Waals surface area contributed by atoms with Crippen molar-refractivity contribution in [1.29, 1.82) is 0 Å². The SMILES string of the molecule is COc1ccc([C@H]2CC(=O)N(c3cccc(F)c3)C2)cc1OC1CCCC1. The van der Waals surface area contributed by atoms with Crippen LogP contribution < -0.4 is 14.4 Å². The Morgan fingerprint density at radius 2 is 1.89 bits per heavy atom. The summed E-state index contributed by atoms with van der Waals surface area (Å²) in [6, 6.07) is 12.1. The standard InChI is InChI=1S/C22H24FNO3/c1-26-20-10-9-15(11-21(20)27-19-7-2-3-8-19)16-12-22(25)24(14-16)18-6-4-5-17(23)13-18/h4-6,9-11,13,16,19H,2-3,7-8,12,14H2,1H3/t16-/m0/s1. The Labute approximate surface area is 158 Å². The first-order chi connectivity index (χ1) is 13.1. The van der Waals surface area contributed by atoms with E-state index in [9.17, 15) is 9.18 Å². The highest BCUT2D eigenvalue weighted by Gasteiger charge is 2.32. The summed E-state index contributed by atoms with van der Waals surface area (Å²) in [6.45, 7) is 0.539. The van der Waals surface area contributed by atoms with Crippen molar-refractivity contribution < 1.29 is 18.7 Å². The van der Waals surface area contributed by atoms with Gasteiger partial charge in [-0.15, -0.1) is 0 Å². The molecule has 0 bridgehead atoms. The summed E-state index contributed by atoms with van der Waals surface area (Å²) >= 11 is 0. The number of nitrogens with zero attached hydrogens (tertiary/aromatic N) is 1. The summed E-state index contributed by atoms with van der Waals surface area (Å²) < 4.78 is 25.2. The average molecular weight is 369 g/mol. The third-order valence-corrected chi connectivity index (χ3v) is 5.50. The summed E-state index contributed by atoms with van der Waals surface area (Å²) in [6.07, 6.45) is 5.19. The lowest BCUT2D eigenvalue weighted by Crippen LogP contribution is -2.24. The number of hydrogen-bond donors (Lipinski definition) is 0. The fourth-order valence-corrected chi connectivity index (χ4v) is 4.05. The maximum atomic E-state index is 13.5. The van der Waals surface area contributed by atoms with Gasteiger partial charge in [-0.25, -0.2) is 4.39 Å². The van der Waals surface area contributed by atoms with Crippen LogP contribution in [0, 0.1) is 5.82 Å². The summed E-state index contributed by atoms with van der Waals surface area (Å²) in [4.78, 5) is 14.2. The van der Waals surface area contributed by atoms with Crippen molar-refractivity contribution in [2.45, 2.75) is 44.1 Å². The van der Waals surface area contributed by atoms with Crippen molar-refractivity contribution in [3.05, 3.63) is 53.8 Å². The number of methoxy groups -OCH3 is 1. The van der Waals surface area contributed by atoms with Crippen LogP contribution in [0.1, 0.15) is 43.6 Å². The number of halogens is 1. The van der Waals surface area contributed by atoms with E-state index in [2.05, 4.69) is 0 Å². The predicted octanol–water partition coefficient (Wildman–Crippen LogP) is 4.68. The molecule has 1 saturated heterocycles. The highest BCUT2D eigenvalue weighted by Crippen LogP contribution is 2.38. The van der Waals surface area contributed by atoms with Gasteiger partial charge < -0.3 is 14.4 Å². The van der Waals surface area contributed by atoms with E-state index >= 15 is 0 Å². The van der Waals surface area contributed by atoms with E-state index in [1.165, 1.54) is 25.0 Å². The van der Waals surface area contributed by atoms with Gasteiger partial charge in [-0.05, 0) is 61.6 Å². The quantitative estimate of drug-likeness (QED) is 0.768. The molecule has 0 spiro atoms. The summed E-state index contributed by atoms with van der Waals surface area (Å²) in [5.41, 5.74) is 1.66. The zero-order chi connectivity index (χ0) is 18.8. The molecule has 1 heterocycles. The molecule has 0 aromatic heterocycles. The molecule has 1 aliphatic heterocycles. The fraction of sp³-hybridized carbons (Fsp3) is 0.409. The van der Waals surface area contributed by atoms with E-state index in [1.807, 2.05) is 18.2 Å². The zero-order valence-electron chi connectivity index (χ0n) is 15.5. The third kappa shape index (κ3) is 3.77. The molecule has 142 valence electrons. The molecule has 2 fully saturated rings. The van der Waals surface area contributed by atoms with Crippen LogP contribution in [0.15, 0.2) is 42.5 Å². The minimum atomic E-state index is -0.333. The Balaban J connectivity index is 1.55. The summed E-state index contributed by atoms with van der Waals surface area (Å²) in [5.74, 6) is 1.20. The van der Waals surface area contributed by atoms with Gasteiger partial charge >= 0.3 is 0 Å². The smallest absolute Gasteiger partial charge is 0.227 e. The molecule has 4 nitrogen and oxygen atoms in total. The van der Waals surface area contributed by atoms with Crippen molar-refractivity contribution in [3.63, 3.8) is 0 Å². The van der Waals surface area contributed by atoms with Crippen LogP contribution in [0.4, 0.5) is 10.1 Å². The van der Waals surface area contributed by atoms with E-state index in [4.69, 9.17) is 9.47 Å². The molecular weight excluding hydrogens is 345 g/mol. The number of benzene rings is 2. The molecular formula is C22H24FNO3. The Morgan fingerprint density at radius 1 is 1.07 bits per heavy atom. The van der Waals surface area contributed by atoms with Crippen LogP contribution in [0.3, 0.4) is 0 Å². The minimum Gasteiger partial charge on any atom is -0.493 e. The van der Waals surface area contributed by atoms with Gasteiger partial charge in [0.15, 0.2) is 11.5 Å². The maximum absolute atomic E-state index is 13.5. The zero-order valence-corrected chi connectivity index (χ0v) is 15.5. The molecule has 5 heteroatoms. The minimum absolute atomic E-state index is 0.0136. The van der Waals surface area contributed by atoms with Gasteiger partial charge in [-0.3, -0.25) is 4.79 Å². The highest BCUT2D eigenvalue weighted by molar-refractivity contribution is 5.96. The Hall–Kier alpha value is -2.56. The molecule has 1 atom stereocenters. The molecule has 2 aromatic carbocycles. The number of carbonyl (C=O) groups excluding carboxylic acids is 1. The molecule has 2 aliphatic rings. The van der Waals surface area contributed by atoms with Crippen LogP contribution in [-0.4, -0.2) is 25.7 Å². The number of carbonyl (C=O) groups is 1. The molecule has 0 radical (unpaired) electrons. The summed E-state index contributed by atoms with van der Waals surface area (Å²) in [7, 11) is 1.64. The number of rotatable bonds is 5. The van der Waals surface area contributed by atoms with Crippen molar-refractivity contribution in [3.8, 4) is 11.5 Å². The van der Waals surface area contributed by atoms with Crippen LogP contribution in [0.25, 0.3) is 0 Å². The van der Waals surface area contributed by atoms with Gasteiger partial charge in [-0.1, -0.05) is 12.1 Å². The highest BCUT2D eigenvalue weighted by atomic mass is 19.1. The molecule has 4 rings (SSSR count). The molecule has 0 unspecified atom stereocenters. The normalized spacial score (nSPS) is 20.3. The first-order valence-corrected chi connectivity index (χ1v) is 9.54. The lowest BCUT2D eigenvalue weighted by Gasteiger charge is -2.19. The average Bonchev–Trinajstić information content (AvgIpc) is 3.31. The van der Waals surface area contributed by atoms with Crippen molar-refractivity contribution >= 4 is 11.6 Å². The number of hydrogen-bond acceptors (Lipinski definition) is 3. The largest absolute Gasteiger partial charge is 0.493 e. The molecule has 2 aromatic rings. The van der Waals surface area contributed by atoms with Crippen LogP contribution in [0.5, 0.6) is 11.5 Å². The van der Waals surface area contributed by atoms with Crippen molar-refractivity contribution in [2.75, 3.05) is 18.6 Å². The van der Waals surface area contributed by atoms with Crippen molar-refractivity contribution in [1.82, 2.24) is 0 Å². The second-order valence-electron chi connectivity index (χ2n) is 7.32. The number of anilines is 1. The topological polar surface area (TPSA) is 38.8 Å². The van der Waals surface area contributed by atoms with Gasteiger partial charge in [0.05, 0.1) is 13.2 Å². The van der Waals surface area contributed by atoms with Crippen LogP contribution in [-0.2, 0) is 4.79 Å². The van der Waals surface area contributed by atoms with Gasteiger partial charge in [0, 0.05) is 24.6 Å². The van der Waals surface area contributed by atoms with E-state index in [1.54, 1.807) is 24.1 Å². The molecule has 1 saturated carbocycles. The van der Waals surface area contributed by atoms with Gasteiger partial charge in [0.25, 0.3) is 0 Å². The number of ether oxygens (including phenoxy) is 2. The van der Waals surface area contributed by atoms with Crippen molar-refractivity contribution in [2.24, 2.45) is 0 Å².